The molecule has 0 aliphatic carbocycles. The van der Waals surface area contributed by atoms with Gasteiger partial charge >= 0.3 is 0 Å². The van der Waals surface area contributed by atoms with E-state index >= 15 is 0 Å². The van der Waals surface area contributed by atoms with Gasteiger partial charge in [0.25, 0.3) is 15.9 Å². The number of sulfonamides is 1. The summed E-state index contributed by atoms with van der Waals surface area (Å²) in [5.74, 6) is -0.907. The Morgan fingerprint density at radius 1 is 1.24 bits per heavy atom. The molecule has 1 amide bonds. The summed E-state index contributed by atoms with van der Waals surface area (Å²) < 4.78 is 44.6. The molecule has 1 aliphatic heterocycles. The number of amidine groups is 1. The molecule has 5 nitrogen and oxygen atoms in total. The van der Waals surface area contributed by atoms with Gasteiger partial charge in [0, 0.05) is 20.2 Å². The molecular formula is C19H13BrFIN2O3S2. The fourth-order valence-electron chi connectivity index (χ4n) is 2.40. The van der Waals surface area contributed by atoms with Crippen molar-refractivity contribution < 1.29 is 17.6 Å². The van der Waals surface area contributed by atoms with Crippen molar-refractivity contribution in [2.45, 2.75) is 4.90 Å². The molecule has 29 heavy (non-hydrogen) atoms. The van der Waals surface area contributed by atoms with Crippen LogP contribution in [0.3, 0.4) is 0 Å². The molecule has 0 unspecified atom stereocenters. The Morgan fingerprint density at radius 2 is 1.93 bits per heavy atom. The Balaban J connectivity index is 2.02. The fourth-order valence-corrected chi connectivity index (χ4v) is 5.37. The van der Waals surface area contributed by atoms with Gasteiger partial charge in [-0.05, 0) is 70.8 Å². The van der Waals surface area contributed by atoms with Gasteiger partial charge in [-0.1, -0.05) is 34.1 Å². The predicted molar refractivity (Wildman–Crippen MR) is 125 cm³/mol. The van der Waals surface area contributed by atoms with Gasteiger partial charge in [-0.25, -0.2) is 4.39 Å². The van der Waals surface area contributed by atoms with Crippen molar-refractivity contribution in [3.05, 3.63) is 79.4 Å². The number of rotatable bonds is 5. The van der Waals surface area contributed by atoms with Crippen LogP contribution in [0.25, 0.3) is 6.08 Å². The minimum atomic E-state index is -4.03. The molecule has 1 aliphatic rings. The maximum atomic E-state index is 14.3. The summed E-state index contributed by atoms with van der Waals surface area (Å²) >= 11 is 6.00. The quantitative estimate of drug-likeness (QED) is 0.272. The van der Waals surface area contributed by atoms with Crippen molar-refractivity contribution in [3.8, 4) is 0 Å². The second kappa shape index (κ2) is 9.11. The van der Waals surface area contributed by atoms with E-state index in [4.69, 9.17) is 0 Å². The number of carbonyl (C=O) groups excluding carboxylic acids is 1. The lowest BCUT2D eigenvalue weighted by Crippen LogP contribution is -2.29. The van der Waals surface area contributed by atoms with E-state index in [-0.39, 0.29) is 27.1 Å². The van der Waals surface area contributed by atoms with Crippen LogP contribution < -0.4 is 0 Å². The first-order valence-corrected chi connectivity index (χ1v) is 12.2. The van der Waals surface area contributed by atoms with Crippen LogP contribution in [-0.2, 0) is 14.8 Å². The summed E-state index contributed by atoms with van der Waals surface area (Å²) in [5.41, 5.74) is 0.239. The minimum absolute atomic E-state index is 0.000823. The van der Waals surface area contributed by atoms with Crippen molar-refractivity contribution >= 4 is 77.5 Å². The first-order valence-electron chi connectivity index (χ1n) is 8.10. The first kappa shape index (κ1) is 22.2. The summed E-state index contributed by atoms with van der Waals surface area (Å²) in [6, 6.07) is 10.9. The molecule has 0 spiro atoms. The number of halogens is 3. The largest absolute Gasteiger partial charge is 0.284 e. The maximum Gasteiger partial charge on any atom is 0.284 e. The maximum absolute atomic E-state index is 14.3. The van der Waals surface area contributed by atoms with Crippen LogP contribution in [0.2, 0.25) is 0 Å². The SMILES string of the molecule is C=CCN1C(=O)C(=Cc2cccc(I)c2F)SC1=NS(=O)(=O)c1ccc(Br)cc1. The zero-order valence-electron chi connectivity index (χ0n) is 14.7. The average Bonchev–Trinajstić information content (AvgIpc) is 2.94. The Bertz CT molecular complexity index is 1150. The summed E-state index contributed by atoms with van der Waals surface area (Å²) in [7, 11) is -4.03. The number of amides is 1. The van der Waals surface area contributed by atoms with Crippen LogP contribution in [0.5, 0.6) is 0 Å². The summed E-state index contributed by atoms with van der Waals surface area (Å²) in [6.45, 7) is 3.67. The van der Waals surface area contributed by atoms with E-state index in [1.165, 1.54) is 29.2 Å². The van der Waals surface area contributed by atoms with Crippen molar-refractivity contribution in [1.29, 1.82) is 0 Å². The number of benzene rings is 2. The molecule has 1 saturated heterocycles. The molecule has 0 N–H and O–H groups in total. The standard InChI is InChI=1S/C19H13BrFIN2O3S2/c1-2-10-24-18(25)16(11-12-4-3-5-15(22)17(12)21)28-19(24)23-29(26,27)14-8-6-13(20)7-9-14/h2-9,11H,1,10H2. The van der Waals surface area contributed by atoms with E-state index in [2.05, 4.69) is 26.9 Å². The van der Waals surface area contributed by atoms with Crippen LogP contribution in [0.4, 0.5) is 4.39 Å². The van der Waals surface area contributed by atoms with Crippen LogP contribution in [0.15, 0.2) is 73.8 Å². The second-order valence-electron chi connectivity index (χ2n) is 5.76. The topological polar surface area (TPSA) is 66.8 Å². The van der Waals surface area contributed by atoms with Gasteiger partial charge in [0.2, 0.25) is 0 Å². The molecule has 150 valence electrons. The van der Waals surface area contributed by atoms with E-state index in [1.807, 2.05) is 22.6 Å². The van der Waals surface area contributed by atoms with Gasteiger partial charge in [-0.2, -0.15) is 8.42 Å². The van der Waals surface area contributed by atoms with E-state index in [0.717, 1.165) is 16.2 Å². The average molecular weight is 607 g/mol. The minimum Gasteiger partial charge on any atom is -0.282 e. The number of carbonyl (C=O) groups is 1. The highest BCUT2D eigenvalue weighted by molar-refractivity contribution is 14.1. The molecule has 10 heteroatoms. The third-order valence-corrected chi connectivity index (χ3v) is 7.54. The van der Waals surface area contributed by atoms with Crippen molar-refractivity contribution in [2.24, 2.45) is 4.40 Å². The van der Waals surface area contributed by atoms with E-state index < -0.39 is 21.7 Å². The Kier molecular flexibility index (Phi) is 6.97. The van der Waals surface area contributed by atoms with Crippen molar-refractivity contribution in [2.75, 3.05) is 6.54 Å². The zero-order valence-corrected chi connectivity index (χ0v) is 20.1. The van der Waals surface area contributed by atoms with E-state index in [0.29, 0.717) is 3.57 Å². The lowest BCUT2D eigenvalue weighted by molar-refractivity contribution is -0.121. The molecule has 2 aromatic rings. The fraction of sp³-hybridized carbons (Fsp3) is 0.0526. The predicted octanol–water partition coefficient (Wildman–Crippen LogP) is 5.04. The van der Waals surface area contributed by atoms with Crippen molar-refractivity contribution in [3.63, 3.8) is 0 Å². The number of thioether (sulfide) groups is 1. The van der Waals surface area contributed by atoms with E-state index in [1.54, 1.807) is 30.3 Å². The molecule has 0 bridgehead atoms. The Labute approximate surface area is 194 Å². The lowest BCUT2D eigenvalue weighted by atomic mass is 10.2. The van der Waals surface area contributed by atoms with Gasteiger partial charge in [0.15, 0.2) is 5.17 Å². The smallest absolute Gasteiger partial charge is 0.282 e. The van der Waals surface area contributed by atoms with Gasteiger partial charge in [0.1, 0.15) is 5.82 Å². The van der Waals surface area contributed by atoms with Crippen LogP contribution in [-0.4, -0.2) is 30.9 Å². The highest BCUT2D eigenvalue weighted by Gasteiger charge is 2.34. The van der Waals surface area contributed by atoms with Crippen LogP contribution >= 0.6 is 50.3 Å². The van der Waals surface area contributed by atoms with Gasteiger partial charge < -0.3 is 0 Å². The number of hydrogen-bond acceptors (Lipinski definition) is 4. The molecule has 3 rings (SSSR count). The van der Waals surface area contributed by atoms with Gasteiger partial charge in [-0.15, -0.1) is 11.0 Å². The number of hydrogen-bond donors (Lipinski definition) is 0. The third-order valence-electron chi connectivity index (χ3n) is 3.78. The Morgan fingerprint density at radius 3 is 2.59 bits per heavy atom. The Hall–Kier alpha value is -1.50. The molecule has 2 aromatic carbocycles. The monoisotopic (exact) mass is 606 g/mol. The summed E-state index contributed by atoms with van der Waals surface area (Å²) in [5, 5.41) is -0.00453. The second-order valence-corrected chi connectivity index (χ2v) is 10.5. The van der Waals surface area contributed by atoms with Gasteiger partial charge in [0.05, 0.1) is 9.80 Å². The number of nitrogens with zero attached hydrogens (tertiary/aromatic N) is 2. The highest BCUT2D eigenvalue weighted by Crippen LogP contribution is 2.34. The molecule has 0 saturated carbocycles. The van der Waals surface area contributed by atoms with Crippen LogP contribution in [0, 0.1) is 9.39 Å². The lowest BCUT2D eigenvalue weighted by Gasteiger charge is -2.12. The summed E-state index contributed by atoms with van der Waals surface area (Å²) in [4.78, 5) is 14.1. The zero-order chi connectivity index (χ0) is 21.2. The first-order chi connectivity index (χ1) is 13.7. The van der Waals surface area contributed by atoms with Crippen molar-refractivity contribution in [1.82, 2.24) is 4.90 Å². The summed E-state index contributed by atoms with van der Waals surface area (Å²) in [6.07, 6.45) is 2.87. The molecule has 0 atom stereocenters. The molecule has 1 heterocycles. The molecule has 0 aromatic heterocycles. The molecule has 1 fully saturated rings. The molecular weight excluding hydrogens is 594 g/mol. The van der Waals surface area contributed by atoms with E-state index in [9.17, 15) is 17.6 Å². The third kappa shape index (κ3) is 4.98. The highest BCUT2D eigenvalue weighted by atomic mass is 127. The molecule has 0 radical (unpaired) electrons. The van der Waals surface area contributed by atoms with Gasteiger partial charge in [-0.3, -0.25) is 9.69 Å². The van der Waals surface area contributed by atoms with Crippen LogP contribution in [0.1, 0.15) is 5.56 Å². The normalized spacial score (nSPS) is 17.3.